The molecule has 2 N–H and O–H groups in total. The van der Waals surface area contributed by atoms with Crippen LogP contribution < -0.4 is 5.32 Å². The number of aliphatic hydroxyl groups excluding tert-OH is 1. The van der Waals surface area contributed by atoms with Gasteiger partial charge in [-0.15, -0.1) is 0 Å². The summed E-state index contributed by atoms with van der Waals surface area (Å²) in [6.45, 7) is 7.70. The maximum absolute atomic E-state index is 9.18. The highest BCUT2D eigenvalue weighted by Gasteiger charge is 2.13. The first kappa shape index (κ1) is 11.4. The standard InChI is InChI=1S/C11H17NOS/c1-3-10(13)5-4-9(2)11-8-12-6-7-14-11/h3-5,11-13H,1,6-8H2,2H3/b9-4+,10-5+. The van der Waals surface area contributed by atoms with E-state index in [4.69, 9.17) is 0 Å². The summed E-state index contributed by atoms with van der Waals surface area (Å²) in [5.74, 6) is 1.38. The Labute approximate surface area is 89.8 Å². The van der Waals surface area contributed by atoms with E-state index in [9.17, 15) is 5.11 Å². The minimum atomic E-state index is 0.220. The van der Waals surface area contributed by atoms with Gasteiger partial charge in [-0.3, -0.25) is 0 Å². The van der Waals surface area contributed by atoms with Crippen molar-refractivity contribution in [3.8, 4) is 0 Å². The van der Waals surface area contributed by atoms with Crippen molar-refractivity contribution in [3.63, 3.8) is 0 Å². The van der Waals surface area contributed by atoms with Gasteiger partial charge in [0, 0.05) is 24.1 Å². The van der Waals surface area contributed by atoms with Gasteiger partial charge < -0.3 is 10.4 Å². The van der Waals surface area contributed by atoms with Crippen LogP contribution in [-0.2, 0) is 0 Å². The number of hydrogen-bond donors (Lipinski definition) is 2. The molecule has 14 heavy (non-hydrogen) atoms. The number of hydrogen-bond acceptors (Lipinski definition) is 3. The average Bonchev–Trinajstić information content (AvgIpc) is 2.26. The molecule has 1 fully saturated rings. The molecule has 2 nitrogen and oxygen atoms in total. The molecule has 78 valence electrons. The van der Waals surface area contributed by atoms with E-state index in [1.54, 1.807) is 6.08 Å². The molecule has 0 aromatic rings. The van der Waals surface area contributed by atoms with E-state index in [2.05, 4.69) is 18.8 Å². The number of thioether (sulfide) groups is 1. The van der Waals surface area contributed by atoms with Crippen molar-refractivity contribution in [2.24, 2.45) is 0 Å². The van der Waals surface area contributed by atoms with Crippen LogP contribution in [0.1, 0.15) is 6.92 Å². The molecule has 0 aromatic carbocycles. The Kier molecular flexibility index (Phi) is 4.84. The lowest BCUT2D eigenvalue weighted by molar-refractivity contribution is 0.433. The highest BCUT2D eigenvalue weighted by molar-refractivity contribution is 8.00. The lowest BCUT2D eigenvalue weighted by atomic mass is 10.2. The first-order valence-electron chi connectivity index (χ1n) is 4.76. The van der Waals surface area contributed by atoms with Gasteiger partial charge in [0.2, 0.25) is 0 Å². The van der Waals surface area contributed by atoms with E-state index < -0.39 is 0 Å². The third kappa shape index (κ3) is 3.60. The van der Waals surface area contributed by atoms with Gasteiger partial charge in [-0.1, -0.05) is 18.2 Å². The van der Waals surface area contributed by atoms with Crippen LogP contribution in [0.2, 0.25) is 0 Å². The summed E-state index contributed by atoms with van der Waals surface area (Å²) in [4.78, 5) is 0. The van der Waals surface area contributed by atoms with E-state index in [0.717, 1.165) is 18.8 Å². The zero-order valence-electron chi connectivity index (χ0n) is 8.49. The van der Waals surface area contributed by atoms with Crippen LogP contribution >= 0.6 is 11.8 Å². The zero-order chi connectivity index (χ0) is 10.4. The Morgan fingerprint density at radius 1 is 1.57 bits per heavy atom. The van der Waals surface area contributed by atoms with Crippen LogP contribution in [0.5, 0.6) is 0 Å². The number of allylic oxidation sites excluding steroid dienone is 3. The topological polar surface area (TPSA) is 32.3 Å². The molecule has 0 saturated carbocycles. The summed E-state index contributed by atoms with van der Waals surface area (Å²) >= 11 is 1.96. The zero-order valence-corrected chi connectivity index (χ0v) is 9.31. The molecule has 0 aromatic heterocycles. The number of nitrogens with one attached hydrogen (secondary N) is 1. The van der Waals surface area contributed by atoms with Gasteiger partial charge in [-0.2, -0.15) is 11.8 Å². The monoisotopic (exact) mass is 211 g/mol. The summed E-state index contributed by atoms with van der Waals surface area (Å²) in [5, 5.41) is 13.1. The molecular weight excluding hydrogens is 194 g/mol. The van der Waals surface area contributed by atoms with Crippen molar-refractivity contribution in [2.45, 2.75) is 12.2 Å². The molecule has 3 heteroatoms. The summed E-state index contributed by atoms with van der Waals surface area (Å²) in [5.41, 5.74) is 1.29. The van der Waals surface area contributed by atoms with Gasteiger partial charge in [0.25, 0.3) is 0 Å². The van der Waals surface area contributed by atoms with Crippen molar-refractivity contribution in [1.82, 2.24) is 5.32 Å². The van der Waals surface area contributed by atoms with E-state index in [1.807, 2.05) is 17.8 Å². The average molecular weight is 211 g/mol. The van der Waals surface area contributed by atoms with Crippen molar-refractivity contribution < 1.29 is 5.11 Å². The van der Waals surface area contributed by atoms with Gasteiger partial charge in [0.05, 0.1) is 0 Å². The van der Waals surface area contributed by atoms with Gasteiger partial charge in [0.15, 0.2) is 0 Å². The quantitative estimate of drug-likeness (QED) is 0.555. The molecule has 1 heterocycles. The fourth-order valence-electron chi connectivity index (χ4n) is 1.25. The summed E-state index contributed by atoms with van der Waals surface area (Å²) in [6, 6.07) is 0. The minimum Gasteiger partial charge on any atom is -0.508 e. The molecule has 1 aliphatic heterocycles. The highest BCUT2D eigenvalue weighted by atomic mass is 32.2. The Hall–Kier alpha value is -0.670. The van der Waals surface area contributed by atoms with Gasteiger partial charge >= 0.3 is 0 Å². The predicted octanol–water partition coefficient (Wildman–Crippen LogP) is 2.27. The largest absolute Gasteiger partial charge is 0.508 e. The molecule has 1 aliphatic rings. The van der Waals surface area contributed by atoms with Crippen LogP contribution in [0, 0.1) is 0 Å². The van der Waals surface area contributed by atoms with Crippen LogP contribution in [0.3, 0.4) is 0 Å². The summed E-state index contributed by atoms with van der Waals surface area (Å²) in [7, 11) is 0. The molecule has 0 amide bonds. The van der Waals surface area contributed by atoms with Crippen LogP contribution in [0.25, 0.3) is 0 Å². The first-order chi connectivity index (χ1) is 6.74. The molecule has 0 bridgehead atoms. The lowest BCUT2D eigenvalue weighted by Gasteiger charge is -2.22. The van der Waals surface area contributed by atoms with Crippen molar-refractivity contribution >= 4 is 11.8 Å². The van der Waals surface area contributed by atoms with E-state index in [1.165, 1.54) is 11.6 Å². The Morgan fingerprint density at radius 2 is 2.36 bits per heavy atom. The van der Waals surface area contributed by atoms with Crippen molar-refractivity contribution in [1.29, 1.82) is 0 Å². The van der Waals surface area contributed by atoms with E-state index >= 15 is 0 Å². The highest BCUT2D eigenvalue weighted by Crippen LogP contribution is 2.20. The molecule has 1 unspecified atom stereocenters. The molecule has 0 spiro atoms. The van der Waals surface area contributed by atoms with Crippen LogP contribution in [0.4, 0.5) is 0 Å². The second-order valence-corrected chi connectivity index (χ2v) is 4.58. The van der Waals surface area contributed by atoms with Crippen LogP contribution in [0.15, 0.2) is 36.1 Å². The van der Waals surface area contributed by atoms with Crippen molar-refractivity contribution in [3.05, 3.63) is 36.1 Å². The van der Waals surface area contributed by atoms with Crippen LogP contribution in [-0.4, -0.2) is 29.2 Å². The van der Waals surface area contributed by atoms with Gasteiger partial charge in [-0.25, -0.2) is 0 Å². The molecule has 1 rings (SSSR count). The molecule has 0 radical (unpaired) electrons. The smallest absolute Gasteiger partial charge is 0.114 e. The summed E-state index contributed by atoms with van der Waals surface area (Å²) in [6.07, 6.45) is 5.09. The number of aliphatic hydroxyl groups is 1. The first-order valence-corrected chi connectivity index (χ1v) is 5.81. The molecule has 1 saturated heterocycles. The van der Waals surface area contributed by atoms with Gasteiger partial charge in [-0.05, 0) is 19.1 Å². The van der Waals surface area contributed by atoms with Crippen molar-refractivity contribution in [2.75, 3.05) is 18.8 Å². The SMILES string of the molecule is C=C/C(O)=C\C=C(/C)C1CNCCS1. The second kappa shape index (κ2) is 5.94. The summed E-state index contributed by atoms with van der Waals surface area (Å²) < 4.78 is 0. The normalized spacial score (nSPS) is 24.8. The molecule has 1 atom stereocenters. The predicted molar refractivity (Wildman–Crippen MR) is 63.8 cm³/mol. The Bertz CT molecular complexity index is 252. The van der Waals surface area contributed by atoms with E-state index in [-0.39, 0.29) is 5.76 Å². The molecular formula is C11H17NOS. The number of rotatable bonds is 3. The maximum atomic E-state index is 9.18. The van der Waals surface area contributed by atoms with E-state index in [0.29, 0.717) is 5.25 Å². The fraction of sp³-hybridized carbons (Fsp3) is 0.455. The van der Waals surface area contributed by atoms with Gasteiger partial charge in [0.1, 0.15) is 5.76 Å². The lowest BCUT2D eigenvalue weighted by Crippen LogP contribution is -2.33. The second-order valence-electron chi connectivity index (χ2n) is 3.27. The Balaban J connectivity index is 2.53. The third-order valence-electron chi connectivity index (χ3n) is 2.16. The third-order valence-corrected chi connectivity index (χ3v) is 3.54. The fourth-order valence-corrected chi connectivity index (χ4v) is 2.37. The molecule has 0 aliphatic carbocycles. The maximum Gasteiger partial charge on any atom is 0.114 e. The minimum absolute atomic E-state index is 0.220. The Morgan fingerprint density at radius 3 is 2.93 bits per heavy atom.